The fraction of sp³-hybridized carbons (Fsp3) is 0. The highest BCUT2D eigenvalue weighted by Crippen LogP contribution is 2.36. The maximum Gasteiger partial charge on any atom is 0.0899 e. The zero-order chi connectivity index (χ0) is 32.6. The first-order valence-electron chi connectivity index (χ1n) is 16.6. The molecule has 0 fully saturated rings. The standard InChI is InChI=1S/C46H31N3/c1-3-12-34(13-4-1)43-29-38(30-44(48-43)42-19-9-10-27-47-42)33-23-21-32(22-24-33)35-14-11-15-36(28-35)37-25-26-41-40-18-7-8-20-45(40)49(46(41)31-37)39-16-5-2-6-17-39/h1-31H. The lowest BCUT2D eigenvalue weighted by Crippen LogP contribution is -1.93. The molecule has 0 aliphatic rings. The second-order valence-corrected chi connectivity index (χ2v) is 12.3. The van der Waals surface area contributed by atoms with Crippen molar-refractivity contribution in [3.05, 3.63) is 188 Å². The van der Waals surface area contributed by atoms with E-state index in [0.29, 0.717) is 0 Å². The van der Waals surface area contributed by atoms with Gasteiger partial charge < -0.3 is 4.57 Å². The fourth-order valence-electron chi connectivity index (χ4n) is 6.84. The van der Waals surface area contributed by atoms with Crippen LogP contribution in [0.15, 0.2) is 188 Å². The lowest BCUT2D eigenvalue weighted by Gasteiger charge is -2.11. The molecule has 0 N–H and O–H groups in total. The van der Waals surface area contributed by atoms with E-state index >= 15 is 0 Å². The number of fused-ring (bicyclic) bond motifs is 3. The van der Waals surface area contributed by atoms with Crippen LogP contribution in [0, 0.1) is 0 Å². The van der Waals surface area contributed by atoms with E-state index in [1.807, 2.05) is 42.6 Å². The largest absolute Gasteiger partial charge is 0.309 e. The van der Waals surface area contributed by atoms with Crippen LogP contribution in [-0.2, 0) is 0 Å². The van der Waals surface area contributed by atoms with Gasteiger partial charge in [-0.3, -0.25) is 4.98 Å². The Morgan fingerprint density at radius 2 is 0.918 bits per heavy atom. The summed E-state index contributed by atoms with van der Waals surface area (Å²) in [5.74, 6) is 0. The summed E-state index contributed by atoms with van der Waals surface area (Å²) in [6.45, 7) is 0. The minimum absolute atomic E-state index is 0.858. The molecule has 0 radical (unpaired) electrons. The second kappa shape index (κ2) is 12.2. The average Bonchev–Trinajstić information content (AvgIpc) is 3.52. The second-order valence-electron chi connectivity index (χ2n) is 12.3. The summed E-state index contributed by atoms with van der Waals surface area (Å²) in [6.07, 6.45) is 1.82. The van der Waals surface area contributed by atoms with Crippen LogP contribution in [0.25, 0.3) is 83.5 Å². The van der Waals surface area contributed by atoms with Gasteiger partial charge in [-0.05, 0) is 88.0 Å². The zero-order valence-corrected chi connectivity index (χ0v) is 26.7. The van der Waals surface area contributed by atoms with E-state index in [0.717, 1.165) is 39.5 Å². The third-order valence-electron chi connectivity index (χ3n) is 9.26. The van der Waals surface area contributed by atoms with Gasteiger partial charge in [0, 0.05) is 28.2 Å². The molecule has 6 aromatic carbocycles. The van der Waals surface area contributed by atoms with Gasteiger partial charge in [-0.15, -0.1) is 0 Å². The molecular formula is C46H31N3. The molecule has 3 heterocycles. The van der Waals surface area contributed by atoms with E-state index in [-0.39, 0.29) is 0 Å². The molecule has 0 bridgehead atoms. The lowest BCUT2D eigenvalue weighted by molar-refractivity contribution is 1.18. The van der Waals surface area contributed by atoms with Crippen molar-refractivity contribution in [2.45, 2.75) is 0 Å². The van der Waals surface area contributed by atoms with Crippen LogP contribution in [0.4, 0.5) is 0 Å². The molecule has 230 valence electrons. The van der Waals surface area contributed by atoms with Gasteiger partial charge in [-0.2, -0.15) is 0 Å². The molecular weight excluding hydrogens is 595 g/mol. The van der Waals surface area contributed by atoms with Crippen molar-refractivity contribution < 1.29 is 0 Å². The molecule has 0 aliphatic carbocycles. The van der Waals surface area contributed by atoms with Crippen LogP contribution >= 0.6 is 0 Å². The van der Waals surface area contributed by atoms with Crippen LogP contribution in [-0.4, -0.2) is 14.5 Å². The minimum Gasteiger partial charge on any atom is -0.309 e. The van der Waals surface area contributed by atoms with Gasteiger partial charge in [0.05, 0.1) is 28.1 Å². The smallest absolute Gasteiger partial charge is 0.0899 e. The summed E-state index contributed by atoms with van der Waals surface area (Å²) < 4.78 is 2.37. The van der Waals surface area contributed by atoms with Gasteiger partial charge in [0.25, 0.3) is 0 Å². The maximum absolute atomic E-state index is 4.99. The van der Waals surface area contributed by atoms with E-state index in [1.54, 1.807) is 0 Å². The first kappa shape index (κ1) is 28.6. The predicted molar refractivity (Wildman–Crippen MR) is 204 cm³/mol. The van der Waals surface area contributed by atoms with Crippen molar-refractivity contribution in [1.82, 2.24) is 14.5 Å². The molecule has 9 aromatic rings. The van der Waals surface area contributed by atoms with Gasteiger partial charge in [-0.1, -0.05) is 127 Å². The van der Waals surface area contributed by atoms with Crippen molar-refractivity contribution in [3.63, 3.8) is 0 Å². The van der Waals surface area contributed by atoms with Gasteiger partial charge in [0.2, 0.25) is 0 Å². The number of nitrogens with zero attached hydrogens (tertiary/aromatic N) is 3. The highest BCUT2D eigenvalue weighted by molar-refractivity contribution is 6.10. The molecule has 9 rings (SSSR count). The molecule has 0 aliphatic heterocycles. The number of para-hydroxylation sites is 2. The van der Waals surface area contributed by atoms with Gasteiger partial charge >= 0.3 is 0 Å². The molecule has 3 aromatic heterocycles. The Kier molecular flexibility index (Phi) is 7.14. The Hall–Kier alpha value is -6.58. The molecule has 0 saturated carbocycles. The van der Waals surface area contributed by atoms with E-state index < -0.39 is 0 Å². The predicted octanol–water partition coefficient (Wildman–Crippen LogP) is 11.9. The van der Waals surface area contributed by atoms with E-state index in [4.69, 9.17) is 4.98 Å². The Bertz CT molecular complexity index is 2510. The monoisotopic (exact) mass is 625 g/mol. The van der Waals surface area contributed by atoms with Crippen molar-refractivity contribution in [2.24, 2.45) is 0 Å². The summed E-state index contributed by atoms with van der Waals surface area (Å²) in [6, 6.07) is 64.4. The van der Waals surface area contributed by atoms with Crippen molar-refractivity contribution >= 4 is 21.8 Å². The van der Waals surface area contributed by atoms with Crippen molar-refractivity contribution in [1.29, 1.82) is 0 Å². The number of hydrogen-bond acceptors (Lipinski definition) is 2. The van der Waals surface area contributed by atoms with Crippen LogP contribution in [0.1, 0.15) is 0 Å². The summed E-state index contributed by atoms with van der Waals surface area (Å²) >= 11 is 0. The van der Waals surface area contributed by atoms with Crippen LogP contribution in [0.5, 0.6) is 0 Å². The van der Waals surface area contributed by atoms with E-state index in [2.05, 4.69) is 155 Å². The Balaban J connectivity index is 1.08. The molecule has 0 atom stereocenters. The molecule has 3 nitrogen and oxygen atoms in total. The normalized spacial score (nSPS) is 11.3. The fourth-order valence-corrected chi connectivity index (χ4v) is 6.84. The average molecular weight is 626 g/mol. The maximum atomic E-state index is 4.99. The zero-order valence-electron chi connectivity index (χ0n) is 26.7. The Morgan fingerprint density at radius 3 is 1.69 bits per heavy atom. The number of aromatic nitrogens is 3. The highest BCUT2D eigenvalue weighted by atomic mass is 15.0. The van der Waals surface area contributed by atoms with Crippen molar-refractivity contribution in [2.75, 3.05) is 0 Å². The Labute approximate surface area is 285 Å². The van der Waals surface area contributed by atoms with Crippen molar-refractivity contribution in [3.8, 4) is 61.7 Å². The third kappa shape index (κ3) is 5.38. The summed E-state index contributed by atoms with van der Waals surface area (Å²) in [4.78, 5) is 9.58. The first-order valence-corrected chi connectivity index (χ1v) is 16.6. The third-order valence-corrected chi connectivity index (χ3v) is 9.26. The molecule has 0 amide bonds. The molecule has 0 unspecified atom stereocenters. The Morgan fingerprint density at radius 1 is 0.327 bits per heavy atom. The first-order chi connectivity index (χ1) is 24.3. The molecule has 0 spiro atoms. The van der Waals surface area contributed by atoms with Crippen LogP contribution < -0.4 is 0 Å². The van der Waals surface area contributed by atoms with Crippen LogP contribution in [0.2, 0.25) is 0 Å². The topological polar surface area (TPSA) is 30.7 Å². The summed E-state index contributed by atoms with van der Waals surface area (Å²) in [5, 5.41) is 2.52. The summed E-state index contributed by atoms with van der Waals surface area (Å²) in [5.41, 5.74) is 14.3. The van der Waals surface area contributed by atoms with Gasteiger partial charge in [0.1, 0.15) is 0 Å². The van der Waals surface area contributed by atoms with Crippen LogP contribution in [0.3, 0.4) is 0 Å². The number of hydrogen-bond donors (Lipinski definition) is 0. The molecule has 3 heteroatoms. The van der Waals surface area contributed by atoms with Gasteiger partial charge in [-0.25, -0.2) is 4.98 Å². The lowest BCUT2D eigenvalue weighted by atomic mass is 9.96. The quantitative estimate of drug-likeness (QED) is 0.184. The SMILES string of the molecule is c1ccc(-c2cc(-c3ccc(-c4cccc(-c5ccc6c7ccccc7n(-c7ccccc7)c6c5)c4)cc3)cc(-c3ccccn3)n2)cc1. The highest BCUT2D eigenvalue weighted by Gasteiger charge is 2.14. The summed E-state index contributed by atoms with van der Waals surface area (Å²) in [7, 11) is 0. The number of pyridine rings is 2. The minimum atomic E-state index is 0.858. The molecule has 0 saturated heterocycles. The van der Waals surface area contributed by atoms with Gasteiger partial charge in [0.15, 0.2) is 0 Å². The van der Waals surface area contributed by atoms with E-state index in [1.165, 1.54) is 44.1 Å². The number of rotatable bonds is 6. The van der Waals surface area contributed by atoms with E-state index in [9.17, 15) is 0 Å². The molecule has 49 heavy (non-hydrogen) atoms. The number of benzene rings is 6.